The molecule has 2 aromatic rings. The Hall–Kier alpha value is -2.87. The topological polar surface area (TPSA) is 95.6 Å². The fourth-order valence-corrected chi connectivity index (χ4v) is 4.05. The summed E-state index contributed by atoms with van der Waals surface area (Å²) in [5.41, 5.74) is 3.24. The molecule has 0 spiro atoms. The first kappa shape index (κ1) is 21.4. The normalized spacial score (nSPS) is 12.2. The summed E-state index contributed by atoms with van der Waals surface area (Å²) in [7, 11) is -3.69. The molecule has 28 heavy (non-hydrogen) atoms. The molecule has 0 radical (unpaired) electrons. The van der Waals surface area contributed by atoms with Gasteiger partial charge in [-0.1, -0.05) is 12.1 Å². The minimum absolute atomic E-state index is 0.192. The maximum absolute atomic E-state index is 12.7. The zero-order valence-electron chi connectivity index (χ0n) is 16.6. The van der Waals surface area contributed by atoms with Crippen LogP contribution in [0.5, 0.6) is 0 Å². The molecule has 0 aromatic heterocycles. The van der Waals surface area contributed by atoms with E-state index in [4.69, 9.17) is 0 Å². The van der Waals surface area contributed by atoms with Crippen molar-refractivity contribution in [1.82, 2.24) is 0 Å². The lowest BCUT2D eigenvalue weighted by Gasteiger charge is -2.29. The Morgan fingerprint density at radius 3 is 2.00 bits per heavy atom. The van der Waals surface area contributed by atoms with Gasteiger partial charge in [0.25, 0.3) is 0 Å². The summed E-state index contributed by atoms with van der Waals surface area (Å²) >= 11 is 0. The van der Waals surface area contributed by atoms with E-state index < -0.39 is 22.0 Å². The molecular formula is C20H25N3O4S. The summed E-state index contributed by atoms with van der Waals surface area (Å²) in [5.74, 6) is -0.652. The third-order valence-corrected chi connectivity index (χ3v) is 5.39. The van der Waals surface area contributed by atoms with Gasteiger partial charge in [0.2, 0.25) is 21.8 Å². The number of benzene rings is 2. The van der Waals surface area contributed by atoms with Gasteiger partial charge in [-0.25, -0.2) is 8.42 Å². The van der Waals surface area contributed by atoms with Crippen LogP contribution in [-0.4, -0.2) is 32.5 Å². The van der Waals surface area contributed by atoms with Crippen LogP contribution in [0.2, 0.25) is 0 Å². The van der Waals surface area contributed by atoms with Gasteiger partial charge in [0.1, 0.15) is 6.04 Å². The standard InChI is InChI=1S/C20H25N3O4S/c1-13-6-7-14(2)19(12-13)23(28(5,26)27)15(3)20(25)22-18-10-8-17(9-11-18)21-16(4)24/h6-12,15H,1-5H3,(H,21,24)(H,22,25)/t15-/m1/s1. The fourth-order valence-electron chi connectivity index (χ4n) is 2.82. The van der Waals surface area contributed by atoms with Crippen molar-refractivity contribution in [1.29, 1.82) is 0 Å². The highest BCUT2D eigenvalue weighted by molar-refractivity contribution is 7.92. The number of hydrogen-bond donors (Lipinski definition) is 2. The smallest absolute Gasteiger partial charge is 0.247 e. The highest BCUT2D eigenvalue weighted by atomic mass is 32.2. The van der Waals surface area contributed by atoms with E-state index in [1.54, 1.807) is 44.2 Å². The summed E-state index contributed by atoms with van der Waals surface area (Å²) in [6.45, 7) is 6.62. The molecule has 0 aliphatic carbocycles. The van der Waals surface area contributed by atoms with Crippen molar-refractivity contribution in [2.24, 2.45) is 0 Å². The Kier molecular flexibility index (Phi) is 6.45. The number of anilines is 3. The molecule has 0 heterocycles. The molecule has 0 fully saturated rings. The van der Waals surface area contributed by atoms with Crippen molar-refractivity contribution >= 4 is 38.9 Å². The third kappa shape index (κ3) is 5.32. The molecule has 2 rings (SSSR count). The fraction of sp³-hybridized carbons (Fsp3) is 0.300. The van der Waals surface area contributed by atoms with E-state index in [-0.39, 0.29) is 5.91 Å². The van der Waals surface area contributed by atoms with E-state index in [9.17, 15) is 18.0 Å². The quantitative estimate of drug-likeness (QED) is 0.775. The number of carbonyl (C=O) groups excluding carboxylic acids is 2. The average Bonchev–Trinajstić information content (AvgIpc) is 2.58. The Labute approximate surface area is 165 Å². The van der Waals surface area contributed by atoms with Gasteiger partial charge in [-0.15, -0.1) is 0 Å². The van der Waals surface area contributed by atoms with E-state index in [1.807, 2.05) is 19.1 Å². The molecule has 0 saturated heterocycles. The number of nitrogens with one attached hydrogen (secondary N) is 2. The first-order valence-electron chi connectivity index (χ1n) is 8.74. The maximum atomic E-state index is 12.7. The largest absolute Gasteiger partial charge is 0.326 e. The van der Waals surface area contributed by atoms with Crippen molar-refractivity contribution in [3.05, 3.63) is 53.6 Å². The van der Waals surface area contributed by atoms with Gasteiger partial charge in [0.15, 0.2) is 0 Å². The molecule has 7 nitrogen and oxygen atoms in total. The molecule has 1 atom stereocenters. The average molecular weight is 404 g/mol. The SMILES string of the molecule is CC(=O)Nc1ccc(NC(=O)[C@@H](C)N(c2cc(C)ccc2C)S(C)(=O)=O)cc1. The van der Waals surface area contributed by atoms with Crippen LogP contribution in [0.15, 0.2) is 42.5 Å². The minimum Gasteiger partial charge on any atom is -0.326 e. The molecule has 0 saturated carbocycles. The van der Waals surface area contributed by atoms with Crippen molar-refractivity contribution in [2.75, 3.05) is 21.2 Å². The molecular weight excluding hydrogens is 378 g/mol. The van der Waals surface area contributed by atoms with Crippen LogP contribution < -0.4 is 14.9 Å². The second kappa shape index (κ2) is 8.43. The van der Waals surface area contributed by atoms with Crippen LogP contribution >= 0.6 is 0 Å². The second-order valence-electron chi connectivity index (χ2n) is 6.77. The van der Waals surface area contributed by atoms with Crippen molar-refractivity contribution in [3.63, 3.8) is 0 Å². The number of sulfonamides is 1. The van der Waals surface area contributed by atoms with Crippen LogP contribution in [0.1, 0.15) is 25.0 Å². The minimum atomic E-state index is -3.69. The summed E-state index contributed by atoms with van der Waals surface area (Å²) in [4.78, 5) is 23.8. The predicted octanol–water partition coefficient (Wildman–Crippen LogP) is 3.06. The lowest BCUT2D eigenvalue weighted by molar-refractivity contribution is -0.117. The number of carbonyl (C=O) groups is 2. The third-order valence-electron chi connectivity index (χ3n) is 4.16. The number of amides is 2. The zero-order valence-corrected chi connectivity index (χ0v) is 17.4. The van der Waals surface area contributed by atoms with Gasteiger partial charge in [0, 0.05) is 18.3 Å². The van der Waals surface area contributed by atoms with E-state index >= 15 is 0 Å². The summed E-state index contributed by atoms with van der Waals surface area (Å²) in [6, 6.07) is 11.1. The van der Waals surface area contributed by atoms with E-state index in [1.165, 1.54) is 6.92 Å². The Bertz CT molecular complexity index is 985. The first-order valence-corrected chi connectivity index (χ1v) is 10.6. The Morgan fingerprint density at radius 2 is 1.50 bits per heavy atom. The van der Waals surface area contributed by atoms with Crippen molar-refractivity contribution in [2.45, 2.75) is 33.7 Å². The number of rotatable bonds is 6. The van der Waals surface area contributed by atoms with Gasteiger partial charge >= 0.3 is 0 Å². The molecule has 8 heteroatoms. The number of nitrogens with zero attached hydrogens (tertiary/aromatic N) is 1. The molecule has 0 aliphatic rings. The van der Waals surface area contributed by atoms with Crippen LogP contribution in [0.25, 0.3) is 0 Å². The number of hydrogen-bond acceptors (Lipinski definition) is 4. The molecule has 2 N–H and O–H groups in total. The van der Waals surface area contributed by atoms with Gasteiger partial charge in [-0.05, 0) is 62.2 Å². The first-order chi connectivity index (χ1) is 13.0. The van der Waals surface area contributed by atoms with E-state index in [0.29, 0.717) is 17.1 Å². The predicted molar refractivity (Wildman–Crippen MR) is 112 cm³/mol. The molecule has 150 valence electrons. The van der Waals surface area contributed by atoms with Crippen LogP contribution in [0, 0.1) is 13.8 Å². The Morgan fingerprint density at radius 1 is 0.964 bits per heavy atom. The van der Waals surface area contributed by atoms with Gasteiger partial charge in [-0.3, -0.25) is 13.9 Å². The van der Waals surface area contributed by atoms with Crippen LogP contribution in [0.3, 0.4) is 0 Å². The molecule has 2 aromatic carbocycles. The highest BCUT2D eigenvalue weighted by Crippen LogP contribution is 2.27. The van der Waals surface area contributed by atoms with Crippen LogP contribution in [-0.2, 0) is 19.6 Å². The van der Waals surface area contributed by atoms with E-state index in [2.05, 4.69) is 10.6 Å². The van der Waals surface area contributed by atoms with Gasteiger partial charge in [-0.2, -0.15) is 0 Å². The van der Waals surface area contributed by atoms with E-state index in [0.717, 1.165) is 21.7 Å². The van der Waals surface area contributed by atoms with Crippen molar-refractivity contribution < 1.29 is 18.0 Å². The molecule has 0 bridgehead atoms. The number of aryl methyl sites for hydroxylation is 2. The molecule has 2 amide bonds. The lowest BCUT2D eigenvalue weighted by Crippen LogP contribution is -2.45. The second-order valence-corrected chi connectivity index (χ2v) is 8.63. The molecule has 0 unspecified atom stereocenters. The molecule has 0 aliphatic heterocycles. The van der Waals surface area contributed by atoms with Gasteiger partial charge < -0.3 is 10.6 Å². The van der Waals surface area contributed by atoms with Crippen LogP contribution in [0.4, 0.5) is 17.1 Å². The summed E-state index contributed by atoms with van der Waals surface area (Å²) in [5, 5.41) is 5.36. The summed E-state index contributed by atoms with van der Waals surface area (Å²) < 4.78 is 26.0. The lowest BCUT2D eigenvalue weighted by atomic mass is 10.1. The van der Waals surface area contributed by atoms with Gasteiger partial charge in [0.05, 0.1) is 11.9 Å². The zero-order chi connectivity index (χ0) is 21.1. The summed E-state index contributed by atoms with van der Waals surface area (Å²) in [6.07, 6.45) is 1.08. The maximum Gasteiger partial charge on any atom is 0.247 e. The van der Waals surface area contributed by atoms with Crippen molar-refractivity contribution in [3.8, 4) is 0 Å². The monoisotopic (exact) mass is 403 g/mol. The Balaban J connectivity index is 2.27. The highest BCUT2D eigenvalue weighted by Gasteiger charge is 2.30.